The Balaban J connectivity index is 1.87. The molecule has 4 rings (SSSR count). The summed E-state index contributed by atoms with van der Waals surface area (Å²) in [5, 5.41) is 0. The van der Waals surface area contributed by atoms with Crippen LogP contribution in [0.15, 0.2) is 12.1 Å². The summed E-state index contributed by atoms with van der Waals surface area (Å²) in [7, 11) is 0. The van der Waals surface area contributed by atoms with Crippen molar-refractivity contribution in [2.75, 3.05) is 0 Å². The molecule has 1 aromatic rings. The zero-order valence-electron chi connectivity index (χ0n) is 18.0. The minimum Gasteiger partial charge on any atom is -0.486 e. The van der Waals surface area contributed by atoms with Gasteiger partial charge in [0.15, 0.2) is 5.78 Å². The quantitative estimate of drug-likeness (QED) is 0.474. The number of ketones is 1. The third-order valence-corrected chi connectivity index (χ3v) is 7.79. The lowest BCUT2D eigenvalue weighted by Crippen LogP contribution is -2.63. The van der Waals surface area contributed by atoms with E-state index in [-0.39, 0.29) is 22.5 Å². The fourth-order valence-corrected chi connectivity index (χ4v) is 6.87. The van der Waals surface area contributed by atoms with Crippen molar-refractivity contribution in [2.24, 2.45) is 22.7 Å². The minimum absolute atomic E-state index is 0.0879. The first-order valence-electron chi connectivity index (χ1n) is 10.5. The van der Waals surface area contributed by atoms with E-state index in [1.807, 2.05) is 13.0 Å². The number of carbonyl (C=O) groups excluding carboxylic acids is 2. The maximum Gasteiger partial charge on any atom is 0.308 e. The maximum absolute atomic E-state index is 14.0. The summed E-state index contributed by atoms with van der Waals surface area (Å²) >= 11 is 0. The monoisotopic (exact) mass is 384 g/mol. The standard InChI is InChI=1S/C24H32O4/c1-14-12-16(27-15(2)25)19-17(13-14)28-24(6)11-8-18-22(3,4)9-7-10-23(18,5)21(24)20(19)26/h12-13,18,21H,7-11H2,1-6H3/t18-,21+,23+,24-/m0/s1. The minimum atomic E-state index is -0.510. The summed E-state index contributed by atoms with van der Waals surface area (Å²) in [5.41, 5.74) is 0.976. The first-order chi connectivity index (χ1) is 13.0. The van der Waals surface area contributed by atoms with Crippen molar-refractivity contribution < 1.29 is 19.1 Å². The number of benzene rings is 1. The average molecular weight is 385 g/mol. The molecule has 2 saturated carbocycles. The van der Waals surface area contributed by atoms with Gasteiger partial charge in [-0.3, -0.25) is 9.59 Å². The van der Waals surface area contributed by atoms with Crippen molar-refractivity contribution in [2.45, 2.75) is 79.2 Å². The molecule has 0 saturated heterocycles. The highest BCUT2D eigenvalue weighted by Gasteiger charge is 2.64. The molecule has 4 heteroatoms. The van der Waals surface area contributed by atoms with Crippen LogP contribution in [0, 0.1) is 29.6 Å². The van der Waals surface area contributed by atoms with Crippen molar-refractivity contribution in [3.63, 3.8) is 0 Å². The summed E-state index contributed by atoms with van der Waals surface area (Å²) in [6.45, 7) is 12.4. The molecular weight excluding hydrogens is 352 g/mol. The normalized spacial score (nSPS) is 35.9. The predicted molar refractivity (Wildman–Crippen MR) is 108 cm³/mol. The number of carbonyl (C=O) groups is 2. The number of ether oxygens (including phenoxy) is 2. The van der Waals surface area contributed by atoms with Crippen molar-refractivity contribution >= 4 is 11.8 Å². The highest BCUT2D eigenvalue weighted by molar-refractivity contribution is 6.05. The molecule has 0 aromatic heterocycles. The predicted octanol–water partition coefficient (Wildman–Crippen LogP) is 5.50. The molecule has 0 radical (unpaired) electrons. The van der Waals surface area contributed by atoms with Crippen molar-refractivity contribution in [3.05, 3.63) is 23.3 Å². The molecule has 3 aliphatic rings. The van der Waals surface area contributed by atoms with Gasteiger partial charge >= 0.3 is 5.97 Å². The van der Waals surface area contributed by atoms with Crippen LogP contribution in [0.25, 0.3) is 0 Å². The SMILES string of the molecule is CC(=O)Oc1cc(C)cc2c1C(=O)[C@@H]1[C@]3(C)CCCC(C)(C)[C@@H]3CC[C@]1(C)O2. The summed E-state index contributed by atoms with van der Waals surface area (Å²) < 4.78 is 12.0. The lowest BCUT2D eigenvalue weighted by atomic mass is 9.44. The van der Waals surface area contributed by atoms with Gasteiger partial charge in [0, 0.05) is 6.92 Å². The number of hydrogen-bond donors (Lipinski definition) is 0. The Bertz CT molecular complexity index is 854. The van der Waals surface area contributed by atoms with E-state index in [0.717, 1.165) is 31.2 Å². The first kappa shape index (κ1) is 19.5. The zero-order valence-corrected chi connectivity index (χ0v) is 18.0. The lowest BCUT2D eigenvalue weighted by molar-refractivity contribution is -0.143. The highest BCUT2D eigenvalue weighted by Crippen LogP contribution is 2.64. The van der Waals surface area contributed by atoms with E-state index in [9.17, 15) is 9.59 Å². The molecular formula is C24H32O4. The highest BCUT2D eigenvalue weighted by atomic mass is 16.5. The van der Waals surface area contributed by atoms with E-state index in [2.05, 4.69) is 27.7 Å². The largest absolute Gasteiger partial charge is 0.486 e. The van der Waals surface area contributed by atoms with Gasteiger partial charge < -0.3 is 9.47 Å². The van der Waals surface area contributed by atoms with E-state index < -0.39 is 11.6 Å². The van der Waals surface area contributed by atoms with E-state index in [0.29, 0.717) is 23.0 Å². The second kappa shape index (κ2) is 6.08. The van der Waals surface area contributed by atoms with Gasteiger partial charge in [0.1, 0.15) is 22.7 Å². The lowest BCUT2D eigenvalue weighted by Gasteiger charge is -2.62. The van der Waals surface area contributed by atoms with Crippen LogP contribution >= 0.6 is 0 Å². The molecule has 1 heterocycles. The number of fused-ring (bicyclic) bond motifs is 4. The van der Waals surface area contributed by atoms with Crippen LogP contribution in [-0.4, -0.2) is 17.4 Å². The average Bonchev–Trinajstić information content (AvgIpc) is 2.51. The van der Waals surface area contributed by atoms with Gasteiger partial charge in [-0.15, -0.1) is 0 Å². The molecule has 4 atom stereocenters. The molecule has 28 heavy (non-hydrogen) atoms. The molecule has 0 spiro atoms. The van der Waals surface area contributed by atoms with Gasteiger partial charge in [-0.2, -0.15) is 0 Å². The Morgan fingerprint density at radius 2 is 1.86 bits per heavy atom. The molecule has 0 amide bonds. The van der Waals surface area contributed by atoms with Gasteiger partial charge in [-0.1, -0.05) is 27.2 Å². The summed E-state index contributed by atoms with van der Waals surface area (Å²) in [6.07, 6.45) is 5.35. The van der Waals surface area contributed by atoms with Gasteiger partial charge in [-0.25, -0.2) is 0 Å². The fraction of sp³-hybridized carbons (Fsp3) is 0.667. The second-order valence-electron chi connectivity index (χ2n) is 10.4. The van der Waals surface area contributed by atoms with Crippen molar-refractivity contribution in [3.8, 4) is 11.5 Å². The Hall–Kier alpha value is -1.84. The zero-order chi connectivity index (χ0) is 20.5. The van der Waals surface area contributed by atoms with Crippen molar-refractivity contribution in [1.82, 2.24) is 0 Å². The van der Waals surface area contributed by atoms with E-state index >= 15 is 0 Å². The molecule has 2 aliphatic carbocycles. The van der Waals surface area contributed by atoms with Gasteiger partial charge in [-0.05, 0) is 74.0 Å². The van der Waals surface area contributed by atoms with Crippen molar-refractivity contribution in [1.29, 1.82) is 0 Å². The maximum atomic E-state index is 14.0. The molecule has 4 nitrogen and oxygen atoms in total. The van der Waals surface area contributed by atoms with Crippen LogP contribution in [0.2, 0.25) is 0 Å². The molecule has 1 aromatic carbocycles. The summed E-state index contributed by atoms with van der Waals surface area (Å²) in [4.78, 5) is 25.6. The van der Waals surface area contributed by atoms with Crippen LogP contribution < -0.4 is 9.47 Å². The molecule has 0 unspecified atom stereocenters. The van der Waals surface area contributed by atoms with Gasteiger partial charge in [0.2, 0.25) is 0 Å². The number of esters is 1. The summed E-state index contributed by atoms with van der Waals surface area (Å²) in [5.74, 6) is 0.851. The first-order valence-corrected chi connectivity index (χ1v) is 10.5. The number of rotatable bonds is 1. The number of aryl methyl sites for hydroxylation is 1. The number of hydrogen-bond acceptors (Lipinski definition) is 4. The van der Waals surface area contributed by atoms with Crippen LogP contribution in [0.5, 0.6) is 11.5 Å². The Labute approximate surface area is 168 Å². The fourth-order valence-electron chi connectivity index (χ4n) is 6.87. The Kier molecular flexibility index (Phi) is 4.23. The smallest absolute Gasteiger partial charge is 0.308 e. The van der Waals surface area contributed by atoms with E-state index in [1.165, 1.54) is 13.3 Å². The van der Waals surface area contributed by atoms with E-state index in [1.54, 1.807) is 6.07 Å². The molecule has 1 aliphatic heterocycles. The molecule has 2 fully saturated rings. The van der Waals surface area contributed by atoms with Crippen LogP contribution in [0.1, 0.15) is 82.6 Å². The van der Waals surface area contributed by atoms with Crippen LogP contribution in [0.4, 0.5) is 0 Å². The second-order valence-corrected chi connectivity index (χ2v) is 10.4. The molecule has 152 valence electrons. The molecule has 0 N–H and O–H groups in total. The Morgan fingerprint density at radius 3 is 2.54 bits per heavy atom. The van der Waals surface area contributed by atoms with Gasteiger partial charge in [0.05, 0.1) is 5.92 Å². The third-order valence-electron chi connectivity index (χ3n) is 7.79. The summed E-state index contributed by atoms with van der Waals surface area (Å²) in [6, 6.07) is 3.68. The topological polar surface area (TPSA) is 52.6 Å². The Morgan fingerprint density at radius 1 is 1.14 bits per heavy atom. The van der Waals surface area contributed by atoms with Crippen LogP contribution in [0.3, 0.4) is 0 Å². The van der Waals surface area contributed by atoms with Gasteiger partial charge in [0.25, 0.3) is 0 Å². The van der Waals surface area contributed by atoms with E-state index in [4.69, 9.17) is 9.47 Å². The van der Waals surface area contributed by atoms with Crippen LogP contribution in [-0.2, 0) is 4.79 Å². The third kappa shape index (κ3) is 2.71. The number of Topliss-reactive ketones (excluding diaryl/α,β-unsaturated/α-hetero) is 1. The molecule has 0 bridgehead atoms.